The minimum atomic E-state index is -0.454. The highest BCUT2D eigenvalue weighted by molar-refractivity contribution is 5.93. The molecule has 25 heavy (non-hydrogen) atoms. The van der Waals surface area contributed by atoms with Gasteiger partial charge in [-0.3, -0.25) is 9.59 Å². The quantitative estimate of drug-likeness (QED) is 0.775. The van der Waals surface area contributed by atoms with Crippen molar-refractivity contribution in [2.75, 3.05) is 0 Å². The zero-order valence-corrected chi connectivity index (χ0v) is 14.3. The highest BCUT2D eigenvalue weighted by atomic mass is 16.2. The lowest BCUT2D eigenvalue weighted by Crippen LogP contribution is -2.32. The monoisotopic (exact) mass is 336 g/mol. The third-order valence-electron chi connectivity index (χ3n) is 3.94. The van der Waals surface area contributed by atoms with Crippen molar-refractivity contribution in [3.8, 4) is 0 Å². The number of aryl methyl sites for hydroxylation is 2. The van der Waals surface area contributed by atoms with E-state index in [1.54, 1.807) is 6.07 Å². The molecule has 0 unspecified atom stereocenters. The van der Waals surface area contributed by atoms with E-state index in [4.69, 9.17) is 0 Å². The highest BCUT2D eigenvalue weighted by Gasteiger charge is 2.14. The molecule has 0 atom stereocenters. The van der Waals surface area contributed by atoms with Crippen molar-refractivity contribution in [1.29, 1.82) is 0 Å². The van der Waals surface area contributed by atoms with Gasteiger partial charge in [0.25, 0.3) is 11.5 Å². The highest BCUT2D eigenvalue weighted by Crippen LogP contribution is 2.04. The van der Waals surface area contributed by atoms with Crippen LogP contribution in [0.25, 0.3) is 5.65 Å². The molecule has 0 radical (unpaired) electrons. The van der Waals surface area contributed by atoms with Crippen LogP contribution in [0.2, 0.25) is 0 Å². The largest absolute Gasteiger partial charge is 0.348 e. The lowest BCUT2D eigenvalue weighted by molar-refractivity contribution is 0.0948. The van der Waals surface area contributed by atoms with E-state index in [2.05, 4.69) is 15.4 Å². The Labute approximate surface area is 145 Å². The number of hydrogen-bond donors (Lipinski definition) is 1. The third-order valence-corrected chi connectivity index (χ3v) is 3.94. The van der Waals surface area contributed by atoms with E-state index in [1.165, 1.54) is 10.7 Å². The molecule has 6 heteroatoms. The molecule has 3 aromatic rings. The summed E-state index contributed by atoms with van der Waals surface area (Å²) in [5, 5.41) is 7.06. The van der Waals surface area contributed by atoms with Gasteiger partial charge in [-0.15, -0.1) is 0 Å². The van der Waals surface area contributed by atoms with Crippen LogP contribution in [-0.2, 0) is 13.0 Å². The Bertz CT molecular complexity index is 961. The number of benzene rings is 1. The second-order valence-electron chi connectivity index (χ2n) is 5.99. The van der Waals surface area contributed by atoms with E-state index in [9.17, 15) is 9.59 Å². The molecule has 0 bridgehead atoms. The van der Waals surface area contributed by atoms with Crippen LogP contribution >= 0.6 is 0 Å². The first-order valence-electron chi connectivity index (χ1n) is 8.30. The summed E-state index contributed by atoms with van der Waals surface area (Å²) in [6, 6.07) is 11.4. The summed E-state index contributed by atoms with van der Waals surface area (Å²) in [6.45, 7) is 4.40. The number of carbonyl (C=O) groups excluding carboxylic acids is 1. The van der Waals surface area contributed by atoms with Crippen molar-refractivity contribution < 1.29 is 4.79 Å². The Morgan fingerprint density at radius 2 is 1.92 bits per heavy atom. The van der Waals surface area contributed by atoms with Gasteiger partial charge in [0, 0.05) is 12.7 Å². The topological polar surface area (TPSA) is 76.4 Å². The molecule has 1 aromatic carbocycles. The van der Waals surface area contributed by atoms with E-state index in [0.29, 0.717) is 12.2 Å². The standard InChI is InChI=1S/C19H20N4O2/c1-3-4-15-9-10-17-20-12-16(19(25)23(17)22-15)18(24)21-11-14-7-5-13(2)6-8-14/h5-10,12H,3-4,11H2,1-2H3,(H,21,24). The summed E-state index contributed by atoms with van der Waals surface area (Å²) in [4.78, 5) is 29.1. The van der Waals surface area contributed by atoms with Crippen LogP contribution in [0.3, 0.4) is 0 Å². The van der Waals surface area contributed by atoms with Crippen LogP contribution in [0.5, 0.6) is 0 Å². The fourth-order valence-corrected chi connectivity index (χ4v) is 2.53. The van der Waals surface area contributed by atoms with Crippen molar-refractivity contribution in [3.05, 3.63) is 75.3 Å². The van der Waals surface area contributed by atoms with Crippen LogP contribution in [0.1, 0.15) is 40.5 Å². The predicted molar refractivity (Wildman–Crippen MR) is 95.6 cm³/mol. The molecule has 2 aromatic heterocycles. The second kappa shape index (κ2) is 7.25. The van der Waals surface area contributed by atoms with Gasteiger partial charge >= 0.3 is 0 Å². The average Bonchev–Trinajstić information content (AvgIpc) is 2.62. The SMILES string of the molecule is CCCc1ccc2ncc(C(=O)NCc3ccc(C)cc3)c(=O)n2n1. The molecule has 128 valence electrons. The maximum atomic E-state index is 12.6. The van der Waals surface area contributed by atoms with Crippen molar-refractivity contribution >= 4 is 11.6 Å². The van der Waals surface area contributed by atoms with Crippen molar-refractivity contribution in [2.45, 2.75) is 33.2 Å². The number of aromatic nitrogens is 3. The summed E-state index contributed by atoms with van der Waals surface area (Å²) < 4.78 is 1.20. The molecule has 0 fully saturated rings. The number of fused-ring (bicyclic) bond motifs is 1. The molecule has 1 amide bonds. The minimum Gasteiger partial charge on any atom is -0.348 e. The normalized spacial score (nSPS) is 10.8. The average molecular weight is 336 g/mol. The molecule has 0 saturated heterocycles. The van der Waals surface area contributed by atoms with Gasteiger partial charge in [-0.25, -0.2) is 4.98 Å². The Morgan fingerprint density at radius 3 is 2.64 bits per heavy atom. The lowest BCUT2D eigenvalue weighted by atomic mass is 10.1. The van der Waals surface area contributed by atoms with Crippen LogP contribution in [0.4, 0.5) is 0 Å². The zero-order chi connectivity index (χ0) is 17.8. The van der Waals surface area contributed by atoms with E-state index in [0.717, 1.165) is 29.7 Å². The Hall–Kier alpha value is -3.02. The van der Waals surface area contributed by atoms with Gasteiger partial charge in [0.05, 0.1) is 5.69 Å². The number of amides is 1. The Kier molecular flexibility index (Phi) is 4.88. The molecular formula is C19H20N4O2. The molecule has 0 aliphatic heterocycles. The van der Waals surface area contributed by atoms with Crippen LogP contribution in [0, 0.1) is 6.92 Å². The maximum Gasteiger partial charge on any atom is 0.287 e. The maximum absolute atomic E-state index is 12.6. The first-order valence-corrected chi connectivity index (χ1v) is 8.30. The van der Waals surface area contributed by atoms with Crippen molar-refractivity contribution in [2.24, 2.45) is 0 Å². The number of carbonyl (C=O) groups is 1. The zero-order valence-electron chi connectivity index (χ0n) is 14.3. The molecule has 0 saturated carbocycles. The number of nitrogens with zero attached hydrogens (tertiary/aromatic N) is 3. The van der Waals surface area contributed by atoms with Crippen LogP contribution in [0.15, 0.2) is 47.4 Å². The van der Waals surface area contributed by atoms with Gasteiger partial charge in [0.2, 0.25) is 0 Å². The lowest BCUT2D eigenvalue weighted by Gasteiger charge is -2.07. The first-order chi connectivity index (χ1) is 12.1. The number of nitrogens with one attached hydrogen (secondary N) is 1. The summed E-state index contributed by atoms with van der Waals surface area (Å²) >= 11 is 0. The van der Waals surface area contributed by atoms with Gasteiger partial charge in [0.15, 0.2) is 5.65 Å². The number of hydrogen-bond acceptors (Lipinski definition) is 4. The van der Waals surface area contributed by atoms with Gasteiger partial charge in [0.1, 0.15) is 5.56 Å². The molecule has 3 rings (SSSR count). The molecular weight excluding hydrogens is 316 g/mol. The second-order valence-corrected chi connectivity index (χ2v) is 5.99. The van der Waals surface area contributed by atoms with E-state index >= 15 is 0 Å². The molecule has 2 heterocycles. The molecule has 0 aliphatic rings. The molecule has 0 spiro atoms. The third kappa shape index (κ3) is 3.74. The molecule has 1 N–H and O–H groups in total. The van der Waals surface area contributed by atoms with E-state index < -0.39 is 11.5 Å². The van der Waals surface area contributed by atoms with Crippen LogP contribution < -0.4 is 10.9 Å². The Morgan fingerprint density at radius 1 is 1.16 bits per heavy atom. The van der Waals surface area contributed by atoms with Gasteiger partial charge < -0.3 is 5.32 Å². The predicted octanol–water partition coefficient (Wildman–Crippen LogP) is 2.28. The van der Waals surface area contributed by atoms with Crippen molar-refractivity contribution in [3.63, 3.8) is 0 Å². The summed E-state index contributed by atoms with van der Waals surface area (Å²) in [7, 11) is 0. The molecule has 0 aliphatic carbocycles. The number of rotatable bonds is 5. The van der Waals surface area contributed by atoms with Crippen LogP contribution in [-0.4, -0.2) is 20.5 Å². The summed E-state index contributed by atoms with van der Waals surface area (Å²) in [5.41, 5.74) is 2.89. The van der Waals surface area contributed by atoms with Gasteiger partial charge in [-0.1, -0.05) is 43.2 Å². The van der Waals surface area contributed by atoms with Crippen molar-refractivity contribution in [1.82, 2.24) is 19.9 Å². The molecule has 6 nitrogen and oxygen atoms in total. The Balaban J connectivity index is 1.84. The van der Waals surface area contributed by atoms with E-state index in [1.807, 2.05) is 44.2 Å². The smallest absolute Gasteiger partial charge is 0.287 e. The summed E-state index contributed by atoms with van der Waals surface area (Å²) in [6.07, 6.45) is 3.01. The summed E-state index contributed by atoms with van der Waals surface area (Å²) in [5.74, 6) is -0.449. The van der Waals surface area contributed by atoms with E-state index in [-0.39, 0.29) is 5.56 Å². The fraction of sp³-hybridized carbons (Fsp3) is 0.263. The fourth-order valence-electron chi connectivity index (χ4n) is 2.53. The minimum absolute atomic E-state index is 0.00856. The van der Waals surface area contributed by atoms with Gasteiger partial charge in [-0.05, 0) is 31.0 Å². The van der Waals surface area contributed by atoms with Gasteiger partial charge in [-0.2, -0.15) is 9.61 Å². The first kappa shape index (κ1) is 16.8.